The van der Waals surface area contributed by atoms with Crippen LogP contribution in [0.25, 0.3) is 0 Å². The van der Waals surface area contributed by atoms with Gasteiger partial charge in [-0.15, -0.1) is 0 Å². The van der Waals surface area contributed by atoms with E-state index in [1.807, 2.05) is 36.4 Å². The minimum Gasteiger partial charge on any atom is -0.391 e. The molecular formula is C18H22N2O. The molecule has 0 heterocycles. The summed E-state index contributed by atoms with van der Waals surface area (Å²) >= 11 is 0. The van der Waals surface area contributed by atoms with Crippen LogP contribution in [-0.4, -0.2) is 17.3 Å². The van der Waals surface area contributed by atoms with E-state index in [0.29, 0.717) is 5.92 Å². The van der Waals surface area contributed by atoms with Gasteiger partial charge in [0, 0.05) is 0 Å². The van der Waals surface area contributed by atoms with Crippen LogP contribution in [0.5, 0.6) is 0 Å². The number of nitrogens with one attached hydrogen (secondary N) is 1. The van der Waals surface area contributed by atoms with E-state index in [0.717, 1.165) is 24.2 Å². The van der Waals surface area contributed by atoms with Crippen LogP contribution in [0.3, 0.4) is 0 Å². The van der Waals surface area contributed by atoms with Gasteiger partial charge in [0.05, 0.1) is 23.5 Å². The van der Waals surface area contributed by atoms with Crippen molar-refractivity contribution in [3.05, 3.63) is 60.7 Å². The third-order valence-electron chi connectivity index (χ3n) is 4.25. The first-order chi connectivity index (χ1) is 10.3. The molecule has 1 saturated carbocycles. The van der Waals surface area contributed by atoms with Crippen LogP contribution >= 0.6 is 0 Å². The first-order valence-corrected chi connectivity index (χ1v) is 7.60. The SMILES string of the molecule is C[C@@H]1CC[C@@H](NN(c2ccccc2)c2ccccc2)[C@@H]1O. The van der Waals surface area contributed by atoms with Crippen LogP contribution < -0.4 is 10.4 Å². The van der Waals surface area contributed by atoms with E-state index in [2.05, 4.69) is 41.6 Å². The second kappa shape index (κ2) is 6.29. The van der Waals surface area contributed by atoms with E-state index in [4.69, 9.17) is 0 Å². The molecule has 0 saturated heterocycles. The molecule has 0 spiro atoms. The number of para-hydroxylation sites is 2. The van der Waals surface area contributed by atoms with Crippen molar-refractivity contribution in [2.45, 2.75) is 31.9 Å². The molecule has 1 aliphatic carbocycles. The maximum absolute atomic E-state index is 10.3. The standard InChI is InChI=1S/C18H22N2O/c1-14-12-13-17(18(14)21)19-20(15-8-4-2-5-9-15)16-10-6-3-7-11-16/h2-11,14,17-19,21H,12-13H2,1H3/t14-,17-,18-/m1/s1. The van der Waals surface area contributed by atoms with Crippen molar-refractivity contribution in [2.75, 3.05) is 5.01 Å². The highest BCUT2D eigenvalue weighted by Crippen LogP contribution is 2.29. The zero-order chi connectivity index (χ0) is 14.7. The molecule has 1 fully saturated rings. The highest BCUT2D eigenvalue weighted by atomic mass is 16.3. The van der Waals surface area contributed by atoms with Gasteiger partial charge in [-0.2, -0.15) is 0 Å². The normalized spacial score (nSPS) is 25.0. The van der Waals surface area contributed by atoms with Gasteiger partial charge in [-0.1, -0.05) is 43.3 Å². The van der Waals surface area contributed by atoms with Crippen molar-refractivity contribution in [1.29, 1.82) is 0 Å². The van der Waals surface area contributed by atoms with Crippen LogP contribution in [0.1, 0.15) is 19.8 Å². The topological polar surface area (TPSA) is 35.5 Å². The number of aliphatic hydroxyl groups excluding tert-OH is 1. The Morgan fingerprint density at radius 2 is 1.43 bits per heavy atom. The fourth-order valence-electron chi connectivity index (χ4n) is 2.94. The molecule has 3 atom stereocenters. The molecule has 0 radical (unpaired) electrons. The molecule has 0 bridgehead atoms. The first-order valence-electron chi connectivity index (χ1n) is 7.60. The molecule has 3 heteroatoms. The monoisotopic (exact) mass is 282 g/mol. The Kier molecular flexibility index (Phi) is 4.23. The molecule has 2 aromatic rings. The van der Waals surface area contributed by atoms with Gasteiger partial charge in [0.25, 0.3) is 0 Å². The van der Waals surface area contributed by atoms with Crippen molar-refractivity contribution in [2.24, 2.45) is 5.92 Å². The number of anilines is 2. The number of aliphatic hydroxyl groups is 1. The predicted molar refractivity (Wildman–Crippen MR) is 86.4 cm³/mol. The number of benzene rings is 2. The summed E-state index contributed by atoms with van der Waals surface area (Å²) < 4.78 is 0. The zero-order valence-electron chi connectivity index (χ0n) is 12.3. The maximum Gasteiger partial charge on any atom is 0.0736 e. The van der Waals surface area contributed by atoms with Gasteiger partial charge in [0.15, 0.2) is 0 Å². The zero-order valence-corrected chi connectivity index (χ0v) is 12.3. The van der Waals surface area contributed by atoms with E-state index in [1.165, 1.54) is 0 Å². The van der Waals surface area contributed by atoms with E-state index in [-0.39, 0.29) is 12.1 Å². The Balaban J connectivity index is 1.87. The maximum atomic E-state index is 10.3. The Hall–Kier alpha value is -1.84. The number of rotatable bonds is 4. The van der Waals surface area contributed by atoms with Crippen molar-refractivity contribution < 1.29 is 5.11 Å². The molecule has 0 unspecified atom stereocenters. The minimum atomic E-state index is -0.292. The summed E-state index contributed by atoms with van der Waals surface area (Å²) in [5, 5.41) is 12.4. The molecule has 2 N–H and O–H groups in total. The molecule has 1 aliphatic rings. The summed E-state index contributed by atoms with van der Waals surface area (Å²) in [5.74, 6) is 0.357. The predicted octanol–water partition coefficient (Wildman–Crippen LogP) is 3.49. The summed E-state index contributed by atoms with van der Waals surface area (Å²) in [6, 6.07) is 20.5. The lowest BCUT2D eigenvalue weighted by molar-refractivity contribution is 0.113. The average Bonchev–Trinajstić information content (AvgIpc) is 2.86. The van der Waals surface area contributed by atoms with Gasteiger partial charge in [0.2, 0.25) is 0 Å². The molecule has 110 valence electrons. The number of nitrogens with zero attached hydrogens (tertiary/aromatic N) is 1. The Bertz CT molecular complexity index is 518. The molecule has 2 aromatic carbocycles. The summed E-state index contributed by atoms with van der Waals surface area (Å²) in [6.45, 7) is 2.11. The van der Waals surface area contributed by atoms with Gasteiger partial charge in [0.1, 0.15) is 0 Å². The molecule has 0 aliphatic heterocycles. The molecule has 0 aromatic heterocycles. The molecular weight excluding hydrogens is 260 g/mol. The van der Waals surface area contributed by atoms with Crippen LogP contribution in [0.4, 0.5) is 11.4 Å². The number of hydrogen-bond donors (Lipinski definition) is 2. The quantitative estimate of drug-likeness (QED) is 0.843. The van der Waals surface area contributed by atoms with E-state index < -0.39 is 0 Å². The van der Waals surface area contributed by atoms with Gasteiger partial charge in [-0.25, -0.2) is 5.43 Å². The van der Waals surface area contributed by atoms with Crippen LogP contribution in [-0.2, 0) is 0 Å². The first kappa shape index (κ1) is 14.1. The van der Waals surface area contributed by atoms with Gasteiger partial charge in [-0.3, -0.25) is 5.01 Å². The van der Waals surface area contributed by atoms with Crippen LogP contribution in [0, 0.1) is 5.92 Å². The van der Waals surface area contributed by atoms with Crippen molar-refractivity contribution in [3.63, 3.8) is 0 Å². The Morgan fingerprint density at radius 3 is 1.86 bits per heavy atom. The average molecular weight is 282 g/mol. The van der Waals surface area contributed by atoms with E-state index in [9.17, 15) is 5.11 Å². The summed E-state index contributed by atoms with van der Waals surface area (Å²) in [4.78, 5) is 0. The summed E-state index contributed by atoms with van der Waals surface area (Å²) in [7, 11) is 0. The minimum absolute atomic E-state index is 0.0976. The van der Waals surface area contributed by atoms with Gasteiger partial charge in [-0.05, 0) is 43.0 Å². The largest absolute Gasteiger partial charge is 0.391 e. The second-order valence-electron chi connectivity index (χ2n) is 5.79. The molecule has 3 nitrogen and oxygen atoms in total. The van der Waals surface area contributed by atoms with Gasteiger partial charge >= 0.3 is 0 Å². The smallest absolute Gasteiger partial charge is 0.0736 e. The Morgan fingerprint density at radius 1 is 0.905 bits per heavy atom. The second-order valence-corrected chi connectivity index (χ2v) is 5.79. The lowest BCUT2D eigenvalue weighted by atomic mass is 10.1. The van der Waals surface area contributed by atoms with E-state index in [1.54, 1.807) is 0 Å². The molecule has 3 rings (SSSR count). The summed E-state index contributed by atoms with van der Waals surface area (Å²) in [6.07, 6.45) is 1.77. The highest BCUT2D eigenvalue weighted by molar-refractivity contribution is 5.61. The van der Waals surface area contributed by atoms with Crippen LogP contribution in [0.15, 0.2) is 60.7 Å². The van der Waals surface area contributed by atoms with E-state index >= 15 is 0 Å². The number of hydrogen-bond acceptors (Lipinski definition) is 3. The lowest BCUT2D eigenvalue weighted by Gasteiger charge is -2.31. The van der Waals surface area contributed by atoms with Gasteiger partial charge < -0.3 is 5.11 Å². The Labute approximate surface area is 126 Å². The molecule has 21 heavy (non-hydrogen) atoms. The molecule has 0 amide bonds. The summed E-state index contributed by atoms with van der Waals surface area (Å²) in [5.41, 5.74) is 5.67. The van der Waals surface area contributed by atoms with Crippen molar-refractivity contribution in [1.82, 2.24) is 5.43 Å². The van der Waals surface area contributed by atoms with Crippen molar-refractivity contribution >= 4 is 11.4 Å². The fourth-order valence-corrected chi connectivity index (χ4v) is 2.94. The van der Waals surface area contributed by atoms with Crippen molar-refractivity contribution in [3.8, 4) is 0 Å². The lowest BCUT2D eigenvalue weighted by Crippen LogP contribution is -2.46. The number of hydrazine groups is 1. The highest BCUT2D eigenvalue weighted by Gasteiger charge is 2.33. The third-order valence-corrected chi connectivity index (χ3v) is 4.25. The fraction of sp³-hybridized carbons (Fsp3) is 0.333. The third kappa shape index (κ3) is 3.09. The van der Waals surface area contributed by atoms with Crippen LogP contribution in [0.2, 0.25) is 0 Å².